The number of hydrogen-bond donors (Lipinski definition) is 2. The Morgan fingerprint density at radius 3 is 2.88 bits per heavy atom. The van der Waals surface area contributed by atoms with Crippen molar-refractivity contribution in [1.82, 2.24) is 9.78 Å². The number of hydrogen-bond acceptors (Lipinski definition) is 2. The van der Waals surface area contributed by atoms with E-state index in [2.05, 4.69) is 5.10 Å². The van der Waals surface area contributed by atoms with E-state index in [4.69, 9.17) is 5.11 Å². The third kappa shape index (κ3) is 1.95. The topological polar surface area (TPSA) is 75.1 Å². The summed E-state index contributed by atoms with van der Waals surface area (Å²) in [7, 11) is 1.76. The molecule has 0 aliphatic rings. The number of nitrogens with zero attached hydrogens (tertiary/aromatic N) is 1. The van der Waals surface area contributed by atoms with Crippen molar-refractivity contribution < 1.29 is 9.90 Å². The third-order valence-electron chi connectivity index (χ3n) is 2.93. The summed E-state index contributed by atoms with van der Waals surface area (Å²) in [6.07, 6.45) is 0.361. The number of aliphatic carboxylic acids is 1. The fourth-order valence-electron chi connectivity index (χ4n) is 1.98. The van der Waals surface area contributed by atoms with Crippen LogP contribution < -0.4 is 5.56 Å². The molecule has 2 aromatic rings. The van der Waals surface area contributed by atoms with Gasteiger partial charge in [-0.3, -0.25) is 19.4 Å². The number of aromatic nitrogens is 2. The molecule has 2 rings (SSSR count). The van der Waals surface area contributed by atoms with Crippen molar-refractivity contribution in [3.8, 4) is 0 Å². The van der Waals surface area contributed by atoms with Gasteiger partial charge in [-0.2, -0.15) is 0 Å². The van der Waals surface area contributed by atoms with Crippen molar-refractivity contribution >= 4 is 16.9 Å². The summed E-state index contributed by atoms with van der Waals surface area (Å²) in [5.74, 6) is -1.35. The number of carbonyl (C=O) groups is 1. The SMILES string of the molecule is CC(Cc1cccc2c1c(=O)[nH]n2C)C(=O)O. The van der Waals surface area contributed by atoms with Gasteiger partial charge in [0.1, 0.15) is 0 Å². The molecule has 0 saturated heterocycles. The molecule has 5 heteroatoms. The van der Waals surface area contributed by atoms with Crippen molar-refractivity contribution in [2.45, 2.75) is 13.3 Å². The van der Waals surface area contributed by atoms with Crippen LogP contribution in [0.2, 0.25) is 0 Å². The Morgan fingerprint density at radius 1 is 1.53 bits per heavy atom. The summed E-state index contributed by atoms with van der Waals surface area (Å²) in [6, 6.07) is 5.47. The molecule has 90 valence electrons. The van der Waals surface area contributed by atoms with Crippen LogP contribution in [0.1, 0.15) is 12.5 Å². The molecule has 1 atom stereocenters. The quantitative estimate of drug-likeness (QED) is 0.835. The zero-order valence-electron chi connectivity index (χ0n) is 9.73. The fraction of sp³-hybridized carbons (Fsp3) is 0.333. The maximum atomic E-state index is 11.7. The molecule has 5 nitrogen and oxygen atoms in total. The van der Waals surface area contributed by atoms with Crippen molar-refractivity contribution in [3.63, 3.8) is 0 Å². The highest BCUT2D eigenvalue weighted by Crippen LogP contribution is 2.17. The molecule has 0 aliphatic heterocycles. The number of rotatable bonds is 3. The fourth-order valence-corrected chi connectivity index (χ4v) is 1.98. The van der Waals surface area contributed by atoms with E-state index in [-0.39, 0.29) is 5.56 Å². The highest BCUT2D eigenvalue weighted by molar-refractivity contribution is 5.82. The van der Waals surface area contributed by atoms with Crippen LogP contribution in [0, 0.1) is 5.92 Å². The minimum Gasteiger partial charge on any atom is -0.481 e. The number of aryl methyl sites for hydroxylation is 1. The van der Waals surface area contributed by atoms with Crippen LogP contribution in [0.15, 0.2) is 23.0 Å². The predicted molar refractivity (Wildman–Crippen MR) is 64.0 cm³/mol. The van der Waals surface area contributed by atoms with Crippen molar-refractivity contribution in [1.29, 1.82) is 0 Å². The first-order valence-electron chi connectivity index (χ1n) is 5.40. The van der Waals surface area contributed by atoms with Gasteiger partial charge in [-0.15, -0.1) is 0 Å². The molecular formula is C12H14N2O3. The Morgan fingerprint density at radius 2 is 2.24 bits per heavy atom. The molecule has 0 fully saturated rings. The standard InChI is InChI=1S/C12H14N2O3/c1-7(12(16)17)6-8-4-3-5-9-10(8)11(15)13-14(9)2/h3-5,7H,6H2,1-2H3,(H,13,15)(H,16,17). The van der Waals surface area contributed by atoms with Crippen LogP contribution in [0.5, 0.6) is 0 Å². The second-order valence-corrected chi connectivity index (χ2v) is 4.25. The van der Waals surface area contributed by atoms with Crippen molar-refractivity contribution in [3.05, 3.63) is 34.1 Å². The Bertz CT molecular complexity index is 624. The summed E-state index contributed by atoms with van der Waals surface area (Å²) in [5, 5.41) is 12.2. The Balaban J connectivity index is 2.55. The molecule has 0 amide bonds. The molecule has 0 spiro atoms. The molecule has 0 saturated carbocycles. The van der Waals surface area contributed by atoms with E-state index in [1.54, 1.807) is 24.7 Å². The number of carboxylic acids is 1. The minimum atomic E-state index is -0.852. The number of nitrogens with one attached hydrogen (secondary N) is 1. The summed E-state index contributed by atoms with van der Waals surface area (Å²) in [4.78, 5) is 22.6. The molecule has 2 N–H and O–H groups in total. The lowest BCUT2D eigenvalue weighted by Crippen LogP contribution is -2.13. The average molecular weight is 234 g/mol. The molecule has 1 aromatic heterocycles. The lowest BCUT2D eigenvalue weighted by Gasteiger charge is -2.06. The van der Waals surface area contributed by atoms with E-state index in [9.17, 15) is 9.59 Å². The lowest BCUT2D eigenvalue weighted by atomic mass is 9.98. The van der Waals surface area contributed by atoms with Crippen LogP contribution >= 0.6 is 0 Å². The van der Waals surface area contributed by atoms with Gasteiger partial charge in [0.05, 0.1) is 16.8 Å². The number of benzene rings is 1. The third-order valence-corrected chi connectivity index (χ3v) is 2.93. The number of fused-ring (bicyclic) bond motifs is 1. The first-order valence-corrected chi connectivity index (χ1v) is 5.40. The van der Waals surface area contributed by atoms with Crippen LogP contribution in [0.4, 0.5) is 0 Å². The number of H-pyrrole nitrogens is 1. The van der Waals surface area contributed by atoms with Gasteiger partial charge < -0.3 is 5.11 Å². The Labute approximate surface area is 97.7 Å². The van der Waals surface area contributed by atoms with Crippen LogP contribution in [-0.4, -0.2) is 20.9 Å². The molecular weight excluding hydrogens is 220 g/mol. The van der Waals surface area contributed by atoms with Gasteiger partial charge in [-0.05, 0) is 18.1 Å². The number of carboxylic acid groups (broad SMARTS) is 1. The summed E-state index contributed by atoms with van der Waals surface area (Å²) >= 11 is 0. The normalized spacial score (nSPS) is 12.8. The van der Waals surface area contributed by atoms with Gasteiger partial charge in [0.25, 0.3) is 5.56 Å². The molecule has 1 aromatic carbocycles. The van der Waals surface area contributed by atoms with Gasteiger partial charge in [0.2, 0.25) is 0 Å². The summed E-state index contributed by atoms with van der Waals surface area (Å²) in [6.45, 7) is 1.64. The maximum Gasteiger partial charge on any atom is 0.306 e. The highest BCUT2D eigenvalue weighted by Gasteiger charge is 2.15. The average Bonchev–Trinajstić information content (AvgIpc) is 2.55. The van der Waals surface area contributed by atoms with Crippen LogP contribution in [0.3, 0.4) is 0 Å². The first-order chi connectivity index (χ1) is 8.00. The molecule has 0 radical (unpaired) electrons. The maximum absolute atomic E-state index is 11.7. The van der Waals surface area contributed by atoms with Crippen molar-refractivity contribution in [2.75, 3.05) is 0 Å². The Kier molecular flexibility index (Phi) is 2.75. The van der Waals surface area contributed by atoms with Crippen LogP contribution in [0.25, 0.3) is 10.9 Å². The minimum absolute atomic E-state index is 0.171. The second-order valence-electron chi connectivity index (χ2n) is 4.25. The molecule has 0 aliphatic carbocycles. The first kappa shape index (κ1) is 11.4. The van der Waals surface area contributed by atoms with E-state index in [0.717, 1.165) is 11.1 Å². The Hall–Kier alpha value is -2.04. The van der Waals surface area contributed by atoms with E-state index in [0.29, 0.717) is 11.8 Å². The molecule has 1 unspecified atom stereocenters. The van der Waals surface area contributed by atoms with E-state index >= 15 is 0 Å². The van der Waals surface area contributed by atoms with E-state index < -0.39 is 11.9 Å². The van der Waals surface area contributed by atoms with Crippen molar-refractivity contribution in [2.24, 2.45) is 13.0 Å². The summed E-state index contributed by atoms with van der Waals surface area (Å²) < 4.78 is 1.65. The van der Waals surface area contributed by atoms with Crippen LogP contribution in [-0.2, 0) is 18.3 Å². The van der Waals surface area contributed by atoms with E-state index in [1.807, 2.05) is 12.1 Å². The van der Waals surface area contributed by atoms with Gasteiger partial charge in [0.15, 0.2) is 0 Å². The van der Waals surface area contributed by atoms with Gasteiger partial charge in [0, 0.05) is 7.05 Å². The zero-order valence-corrected chi connectivity index (χ0v) is 9.73. The monoisotopic (exact) mass is 234 g/mol. The van der Waals surface area contributed by atoms with Gasteiger partial charge in [-0.25, -0.2) is 0 Å². The smallest absolute Gasteiger partial charge is 0.306 e. The molecule has 17 heavy (non-hydrogen) atoms. The predicted octanol–water partition coefficient (Wildman–Crippen LogP) is 1.13. The summed E-state index contributed by atoms with van der Waals surface area (Å²) in [5.41, 5.74) is 1.40. The largest absolute Gasteiger partial charge is 0.481 e. The molecule has 1 heterocycles. The molecule has 0 bridgehead atoms. The van der Waals surface area contributed by atoms with Gasteiger partial charge in [-0.1, -0.05) is 19.1 Å². The highest BCUT2D eigenvalue weighted by atomic mass is 16.4. The second kappa shape index (κ2) is 4.08. The zero-order chi connectivity index (χ0) is 12.6. The number of aromatic amines is 1. The van der Waals surface area contributed by atoms with E-state index in [1.165, 1.54) is 0 Å². The van der Waals surface area contributed by atoms with Gasteiger partial charge >= 0.3 is 5.97 Å². The lowest BCUT2D eigenvalue weighted by molar-refractivity contribution is -0.141.